The molecule has 0 saturated heterocycles. The van der Waals surface area contributed by atoms with Crippen molar-refractivity contribution in [2.45, 2.75) is 25.4 Å². The van der Waals surface area contributed by atoms with E-state index >= 15 is 0 Å². The Morgan fingerprint density at radius 2 is 1.62 bits per heavy atom. The van der Waals surface area contributed by atoms with Crippen molar-refractivity contribution in [2.75, 3.05) is 0 Å². The fourth-order valence-corrected chi connectivity index (χ4v) is 3.81. The van der Waals surface area contributed by atoms with Crippen molar-refractivity contribution >= 4 is 16.9 Å². The third kappa shape index (κ3) is 3.36. The number of aromatic nitrogens is 2. The monoisotopic (exact) mass is 386 g/mol. The number of rotatable bonds is 6. The number of nitrogens with one attached hydrogen (secondary N) is 1. The van der Waals surface area contributed by atoms with E-state index in [2.05, 4.69) is 9.97 Å². The maximum atomic E-state index is 12.5. The molecule has 4 rings (SSSR count). The fraction of sp³-hybridized carbons (Fsp3) is 0.167. The lowest BCUT2D eigenvalue weighted by Gasteiger charge is -2.36. The number of carboxylic acid groups (broad SMARTS) is 1. The third-order valence-corrected chi connectivity index (χ3v) is 5.36. The van der Waals surface area contributed by atoms with Gasteiger partial charge in [0.05, 0.1) is 5.41 Å². The lowest BCUT2D eigenvalue weighted by Crippen LogP contribution is -2.47. The summed E-state index contributed by atoms with van der Waals surface area (Å²) in [5.41, 5.74) is 2.23. The van der Waals surface area contributed by atoms with Gasteiger partial charge in [0.15, 0.2) is 0 Å². The van der Waals surface area contributed by atoms with Crippen molar-refractivity contribution in [3.8, 4) is 5.88 Å². The number of aryl methyl sites for hydroxylation is 1. The molecule has 0 aliphatic rings. The second-order valence-corrected chi connectivity index (χ2v) is 7.28. The number of H-pyrrole nitrogens is 1. The Bertz CT molecular complexity index is 1100. The molecule has 0 radical (unpaired) electrons. The molecule has 0 unspecified atom stereocenters. The number of carbonyl (C=O) groups is 1. The van der Waals surface area contributed by atoms with Crippen LogP contribution in [-0.2, 0) is 10.2 Å². The van der Waals surface area contributed by atoms with Crippen LogP contribution in [0.2, 0.25) is 0 Å². The minimum Gasteiger partial charge on any atom is -0.478 e. The van der Waals surface area contributed by atoms with Crippen LogP contribution < -0.4 is 4.74 Å². The van der Waals surface area contributed by atoms with Gasteiger partial charge in [-0.05, 0) is 37.1 Å². The molecule has 0 aliphatic heterocycles. The first-order chi connectivity index (χ1) is 14.0. The predicted octanol–water partition coefficient (Wildman–Crippen LogP) is 4.71. The number of pyridine rings is 1. The molecule has 146 valence electrons. The SMILES string of the molecule is Cc1cc2cc[nH]c2c(O[C@H](C(=O)O)C(C)(c2ccccc2)c2ccccc2)n1. The van der Waals surface area contributed by atoms with E-state index in [1.54, 1.807) is 6.20 Å². The van der Waals surface area contributed by atoms with Crippen LogP contribution in [0.25, 0.3) is 10.9 Å². The Labute approximate surface area is 169 Å². The summed E-state index contributed by atoms with van der Waals surface area (Å²) < 4.78 is 6.16. The average molecular weight is 386 g/mol. The van der Waals surface area contributed by atoms with Gasteiger partial charge in [-0.15, -0.1) is 0 Å². The van der Waals surface area contributed by atoms with Gasteiger partial charge < -0.3 is 14.8 Å². The standard InChI is InChI=1S/C24H22N2O3/c1-16-15-17-13-14-25-20(17)22(26-16)29-21(23(27)28)24(2,18-9-5-3-6-10-18)19-11-7-4-8-12-19/h3-15,21,25H,1-2H3,(H,27,28)/t21-/m1/s1. The highest BCUT2D eigenvalue weighted by Gasteiger charge is 2.44. The van der Waals surface area contributed by atoms with Crippen molar-refractivity contribution < 1.29 is 14.6 Å². The van der Waals surface area contributed by atoms with E-state index in [9.17, 15) is 9.90 Å². The Morgan fingerprint density at radius 3 is 2.17 bits per heavy atom. The molecule has 2 heterocycles. The maximum absolute atomic E-state index is 12.5. The molecule has 1 atom stereocenters. The lowest BCUT2D eigenvalue weighted by atomic mass is 9.72. The van der Waals surface area contributed by atoms with E-state index in [1.807, 2.05) is 86.6 Å². The van der Waals surface area contributed by atoms with Crippen LogP contribution in [0.15, 0.2) is 79.0 Å². The van der Waals surface area contributed by atoms with Crippen LogP contribution in [-0.4, -0.2) is 27.1 Å². The Morgan fingerprint density at radius 1 is 1.03 bits per heavy atom. The van der Waals surface area contributed by atoms with Crippen LogP contribution in [0, 0.1) is 6.92 Å². The highest BCUT2D eigenvalue weighted by molar-refractivity contribution is 5.85. The Kier molecular flexibility index (Phi) is 4.80. The minimum absolute atomic E-state index is 0.287. The third-order valence-electron chi connectivity index (χ3n) is 5.36. The van der Waals surface area contributed by atoms with Crippen LogP contribution in [0.4, 0.5) is 0 Å². The first-order valence-corrected chi connectivity index (χ1v) is 9.45. The van der Waals surface area contributed by atoms with Crippen LogP contribution in [0.1, 0.15) is 23.7 Å². The molecule has 2 aromatic heterocycles. The highest BCUT2D eigenvalue weighted by Crippen LogP contribution is 2.38. The Hall–Kier alpha value is -3.60. The van der Waals surface area contributed by atoms with Crippen molar-refractivity contribution in [3.05, 3.63) is 95.8 Å². The number of benzene rings is 2. The number of hydrogen-bond donors (Lipinski definition) is 2. The number of nitrogens with zero attached hydrogens (tertiary/aromatic N) is 1. The van der Waals surface area contributed by atoms with Gasteiger partial charge in [0.25, 0.3) is 0 Å². The zero-order valence-corrected chi connectivity index (χ0v) is 16.3. The summed E-state index contributed by atoms with van der Waals surface area (Å²) in [6.07, 6.45) is 0.607. The number of ether oxygens (including phenoxy) is 1. The van der Waals surface area contributed by atoms with E-state index < -0.39 is 17.5 Å². The maximum Gasteiger partial charge on any atom is 0.346 e. The minimum atomic E-state index is -1.19. The van der Waals surface area contributed by atoms with Crippen LogP contribution in [0.3, 0.4) is 0 Å². The van der Waals surface area contributed by atoms with E-state index in [1.165, 1.54) is 0 Å². The number of hydrogen-bond acceptors (Lipinski definition) is 3. The summed E-state index contributed by atoms with van der Waals surface area (Å²) >= 11 is 0. The molecule has 29 heavy (non-hydrogen) atoms. The molecule has 0 fully saturated rings. The zero-order chi connectivity index (χ0) is 20.4. The van der Waals surface area contributed by atoms with Gasteiger partial charge in [-0.3, -0.25) is 0 Å². The molecule has 5 nitrogen and oxygen atoms in total. The van der Waals surface area contributed by atoms with Crippen LogP contribution in [0.5, 0.6) is 5.88 Å². The molecular weight excluding hydrogens is 364 g/mol. The van der Waals surface area contributed by atoms with Gasteiger partial charge in [-0.2, -0.15) is 0 Å². The number of carboxylic acids is 1. The van der Waals surface area contributed by atoms with Gasteiger partial charge in [-0.1, -0.05) is 60.7 Å². The molecule has 0 amide bonds. The van der Waals surface area contributed by atoms with E-state index in [0.29, 0.717) is 5.52 Å². The average Bonchev–Trinajstić information content (AvgIpc) is 3.21. The van der Waals surface area contributed by atoms with Crippen molar-refractivity contribution in [3.63, 3.8) is 0 Å². The summed E-state index contributed by atoms with van der Waals surface area (Å²) in [6.45, 7) is 3.76. The van der Waals surface area contributed by atoms with Crippen molar-refractivity contribution in [1.29, 1.82) is 0 Å². The van der Waals surface area contributed by atoms with Crippen molar-refractivity contribution in [2.24, 2.45) is 0 Å². The topological polar surface area (TPSA) is 75.2 Å². The normalized spacial score (nSPS) is 12.6. The van der Waals surface area contributed by atoms with E-state index in [4.69, 9.17) is 4.74 Å². The smallest absolute Gasteiger partial charge is 0.346 e. The molecule has 2 N–H and O–H groups in total. The second kappa shape index (κ2) is 7.43. The summed E-state index contributed by atoms with van der Waals surface area (Å²) in [6, 6.07) is 23.0. The lowest BCUT2D eigenvalue weighted by molar-refractivity contribution is -0.147. The summed E-state index contributed by atoms with van der Waals surface area (Å²) in [5.74, 6) is -0.765. The van der Waals surface area contributed by atoms with Crippen molar-refractivity contribution in [1.82, 2.24) is 9.97 Å². The van der Waals surface area contributed by atoms with E-state index in [0.717, 1.165) is 22.2 Å². The molecule has 2 aromatic carbocycles. The number of aromatic amines is 1. The van der Waals surface area contributed by atoms with Gasteiger partial charge in [0.2, 0.25) is 12.0 Å². The molecule has 0 saturated carbocycles. The number of fused-ring (bicyclic) bond motifs is 1. The van der Waals surface area contributed by atoms with Gasteiger partial charge in [0, 0.05) is 17.3 Å². The summed E-state index contributed by atoms with van der Waals surface area (Å²) in [4.78, 5) is 20.1. The predicted molar refractivity (Wildman–Crippen MR) is 112 cm³/mol. The quantitative estimate of drug-likeness (QED) is 0.503. The zero-order valence-electron chi connectivity index (χ0n) is 16.3. The van der Waals surface area contributed by atoms with E-state index in [-0.39, 0.29) is 5.88 Å². The molecule has 0 aliphatic carbocycles. The summed E-state index contributed by atoms with van der Waals surface area (Å²) in [7, 11) is 0. The Balaban J connectivity index is 1.89. The molecule has 0 spiro atoms. The molecule has 4 aromatic rings. The van der Waals surface area contributed by atoms with Crippen LogP contribution >= 0.6 is 0 Å². The van der Waals surface area contributed by atoms with Gasteiger partial charge in [-0.25, -0.2) is 9.78 Å². The van der Waals surface area contributed by atoms with Gasteiger partial charge >= 0.3 is 5.97 Å². The first-order valence-electron chi connectivity index (χ1n) is 9.45. The number of aliphatic carboxylic acids is 1. The molecule has 5 heteroatoms. The second-order valence-electron chi connectivity index (χ2n) is 7.28. The molecule has 0 bridgehead atoms. The highest BCUT2D eigenvalue weighted by atomic mass is 16.5. The largest absolute Gasteiger partial charge is 0.478 e. The fourth-order valence-electron chi connectivity index (χ4n) is 3.81. The van der Waals surface area contributed by atoms with Gasteiger partial charge in [0.1, 0.15) is 5.52 Å². The first kappa shape index (κ1) is 18.7. The summed E-state index contributed by atoms with van der Waals surface area (Å²) in [5, 5.41) is 11.2. The molecular formula is C24H22N2O3.